The van der Waals surface area contributed by atoms with Gasteiger partial charge < -0.3 is 19.9 Å². The van der Waals surface area contributed by atoms with Crippen molar-refractivity contribution in [3.05, 3.63) is 59.8 Å². The number of amides is 1. The summed E-state index contributed by atoms with van der Waals surface area (Å²) in [6, 6.07) is 13.8. The van der Waals surface area contributed by atoms with Crippen molar-refractivity contribution in [3.63, 3.8) is 0 Å². The van der Waals surface area contributed by atoms with Gasteiger partial charge in [0.15, 0.2) is 0 Å². The van der Waals surface area contributed by atoms with Crippen LogP contribution in [0.15, 0.2) is 54.2 Å². The number of rotatable bonds is 6. The highest BCUT2D eigenvalue weighted by molar-refractivity contribution is 7.81. The third-order valence-corrected chi connectivity index (χ3v) is 5.15. The molecule has 1 amide bonds. The SMILES string of the molecule is COC/C=C1\CN(C(=O)c2cccc3ccccc23)CCN1CC(=N)CS. The number of nitrogens with one attached hydrogen (secondary N) is 1. The number of thiol groups is 1. The first kappa shape index (κ1) is 19.5. The zero-order chi connectivity index (χ0) is 19.2. The Labute approximate surface area is 165 Å². The van der Waals surface area contributed by atoms with Crippen LogP contribution in [0.5, 0.6) is 0 Å². The molecule has 1 aliphatic heterocycles. The molecule has 0 spiro atoms. The van der Waals surface area contributed by atoms with E-state index in [4.69, 9.17) is 10.1 Å². The van der Waals surface area contributed by atoms with Gasteiger partial charge in [0.25, 0.3) is 5.91 Å². The second-order valence-electron chi connectivity index (χ2n) is 6.59. The van der Waals surface area contributed by atoms with Gasteiger partial charge >= 0.3 is 0 Å². The Balaban J connectivity index is 1.83. The van der Waals surface area contributed by atoms with Gasteiger partial charge in [-0.1, -0.05) is 36.4 Å². The lowest BCUT2D eigenvalue weighted by Crippen LogP contribution is -2.48. The molecule has 0 saturated carbocycles. The van der Waals surface area contributed by atoms with Crippen molar-refractivity contribution in [1.82, 2.24) is 9.80 Å². The number of ether oxygens (including phenoxy) is 1. The zero-order valence-electron chi connectivity index (χ0n) is 15.5. The molecule has 0 radical (unpaired) electrons. The van der Waals surface area contributed by atoms with E-state index >= 15 is 0 Å². The minimum Gasteiger partial charge on any atom is -0.381 e. The minimum atomic E-state index is 0.0408. The molecule has 1 aliphatic rings. The fraction of sp³-hybridized carbons (Fsp3) is 0.333. The molecule has 142 valence electrons. The van der Waals surface area contributed by atoms with Crippen molar-refractivity contribution in [1.29, 1.82) is 5.41 Å². The number of piperazine rings is 1. The molecule has 0 atom stereocenters. The quantitative estimate of drug-likeness (QED) is 0.595. The molecule has 2 aromatic carbocycles. The van der Waals surface area contributed by atoms with Gasteiger partial charge in [0.2, 0.25) is 0 Å². The number of carbonyl (C=O) groups excluding carboxylic acids is 1. The predicted molar refractivity (Wildman–Crippen MR) is 113 cm³/mol. The van der Waals surface area contributed by atoms with Gasteiger partial charge in [0.1, 0.15) is 0 Å². The first-order valence-corrected chi connectivity index (χ1v) is 9.64. The van der Waals surface area contributed by atoms with Crippen molar-refractivity contribution < 1.29 is 9.53 Å². The highest BCUT2D eigenvalue weighted by Gasteiger charge is 2.26. The van der Waals surface area contributed by atoms with Crippen LogP contribution in [0, 0.1) is 5.41 Å². The Bertz CT molecular complexity index is 860. The van der Waals surface area contributed by atoms with Gasteiger partial charge in [0.05, 0.1) is 19.7 Å². The second-order valence-corrected chi connectivity index (χ2v) is 6.90. The number of hydrogen-bond acceptors (Lipinski definition) is 5. The first-order valence-electron chi connectivity index (χ1n) is 9.01. The number of fused-ring (bicyclic) bond motifs is 1. The standard InChI is InChI=1S/C21H25N3O2S/c1-26-12-9-18-14-24(11-10-23(18)13-17(22)15-27)21(25)20-8-4-6-16-5-2-3-7-19(16)20/h2-9,22,27H,10-15H2,1H3/b18-9+,22-17?. The fourth-order valence-electron chi connectivity index (χ4n) is 3.35. The van der Waals surface area contributed by atoms with Gasteiger partial charge in [-0.15, -0.1) is 0 Å². The van der Waals surface area contributed by atoms with Gasteiger partial charge in [0, 0.05) is 42.9 Å². The molecular formula is C21H25N3O2S. The number of hydrogen-bond donors (Lipinski definition) is 2. The minimum absolute atomic E-state index is 0.0408. The van der Waals surface area contributed by atoms with Crippen LogP contribution in [0.25, 0.3) is 10.8 Å². The molecule has 1 N–H and O–H groups in total. The maximum absolute atomic E-state index is 13.2. The van der Waals surface area contributed by atoms with E-state index in [0.717, 1.165) is 22.0 Å². The van der Waals surface area contributed by atoms with Crippen molar-refractivity contribution in [2.45, 2.75) is 0 Å². The zero-order valence-corrected chi connectivity index (χ0v) is 16.4. The van der Waals surface area contributed by atoms with Gasteiger partial charge in [-0.25, -0.2) is 0 Å². The molecule has 27 heavy (non-hydrogen) atoms. The molecule has 1 saturated heterocycles. The lowest BCUT2D eigenvalue weighted by molar-refractivity contribution is 0.0707. The summed E-state index contributed by atoms with van der Waals surface area (Å²) >= 11 is 4.19. The van der Waals surface area contributed by atoms with Crippen LogP contribution in [-0.4, -0.2) is 67.1 Å². The van der Waals surface area contributed by atoms with Gasteiger partial charge in [-0.2, -0.15) is 12.6 Å². The van der Waals surface area contributed by atoms with E-state index in [9.17, 15) is 4.79 Å². The van der Waals surface area contributed by atoms with Crippen molar-refractivity contribution in [2.24, 2.45) is 0 Å². The molecular weight excluding hydrogens is 358 g/mol. The molecule has 5 nitrogen and oxygen atoms in total. The number of methoxy groups -OCH3 is 1. The molecule has 1 heterocycles. The van der Waals surface area contributed by atoms with E-state index in [1.165, 1.54) is 0 Å². The van der Waals surface area contributed by atoms with Crippen LogP contribution in [0.4, 0.5) is 0 Å². The lowest BCUT2D eigenvalue weighted by Gasteiger charge is -2.38. The molecule has 0 bridgehead atoms. The Morgan fingerprint density at radius 3 is 2.78 bits per heavy atom. The van der Waals surface area contributed by atoms with Crippen LogP contribution in [0.1, 0.15) is 10.4 Å². The summed E-state index contributed by atoms with van der Waals surface area (Å²) in [5.74, 6) is 0.478. The van der Waals surface area contributed by atoms with Crippen molar-refractivity contribution >= 4 is 35.0 Å². The summed E-state index contributed by atoms with van der Waals surface area (Å²) in [7, 11) is 1.65. The van der Waals surface area contributed by atoms with E-state index in [1.807, 2.05) is 53.4 Å². The average molecular weight is 384 g/mol. The number of nitrogens with zero attached hydrogens (tertiary/aromatic N) is 2. The van der Waals surface area contributed by atoms with Crippen LogP contribution in [0.3, 0.4) is 0 Å². The number of carbonyl (C=O) groups is 1. The van der Waals surface area contributed by atoms with E-state index in [1.54, 1.807) is 7.11 Å². The molecule has 2 aromatic rings. The summed E-state index contributed by atoms with van der Waals surface area (Å²) < 4.78 is 5.19. The maximum Gasteiger partial charge on any atom is 0.254 e. The molecule has 3 rings (SSSR count). The highest BCUT2D eigenvalue weighted by atomic mass is 32.1. The van der Waals surface area contributed by atoms with Crippen LogP contribution >= 0.6 is 12.6 Å². The normalized spacial score (nSPS) is 16.1. The third kappa shape index (κ3) is 4.51. The fourth-order valence-corrected chi connectivity index (χ4v) is 3.45. The van der Waals surface area contributed by atoms with Gasteiger partial charge in [-0.3, -0.25) is 4.79 Å². The topological polar surface area (TPSA) is 56.6 Å². The van der Waals surface area contributed by atoms with Crippen LogP contribution < -0.4 is 0 Å². The van der Waals surface area contributed by atoms with E-state index in [-0.39, 0.29) is 5.91 Å². The molecule has 0 aromatic heterocycles. The monoisotopic (exact) mass is 383 g/mol. The predicted octanol–water partition coefficient (Wildman–Crippen LogP) is 3.08. The Morgan fingerprint density at radius 1 is 1.22 bits per heavy atom. The summed E-state index contributed by atoms with van der Waals surface area (Å²) in [6.45, 7) is 2.87. The Morgan fingerprint density at radius 2 is 2.00 bits per heavy atom. The lowest BCUT2D eigenvalue weighted by atomic mass is 10.0. The second kappa shape index (κ2) is 9.06. The summed E-state index contributed by atoms with van der Waals surface area (Å²) in [4.78, 5) is 17.2. The number of benzene rings is 2. The van der Waals surface area contributed by atoms with E-state index < -0.39 is 0 Å². The van der Waals surface area contributed by atoms with Crippen molar-refractivity contribution in [2.75, 3.05) is 45.6 Å². The molecule has 0 aliphatic carbocycles. The largest absolute Gasteiger partial charge is 0.381 e. The van der Waals surface area contributed by atoms with Crippen LogP contribution in [-0.2, 0) is 4.74 Å². The smallest absolute Gasteiger partial charge is 0.254 e. The highest BCUT2D eigenvalue weighted by Crippen LogP contribution is 2.22. The average Bonchev–Trinajstić information content (AvgIpc) is 2.71. The maximum atomic E-state index is 13.2. The first-order chi connectivity index (χ1) is 13.1. The van der Waals surface area contributed by atoms with Crippen LogP contribution in [0.2, 0.25) is 0 Å². The Hall–Kier alpha value is -2.31. The summed E-state index contributed by atoms with van der Waals surface area (Å²) in [5, 5.41) is 9.99. The van der Waals surface area contributed by atoms with Crippen molar-refractivity contribution in [3.8, 4) is 0 Å². The summed E-state index contributed by atoms with van der Waals surface area (Å²) in [6.07, 6.45) is 1.99. The van der Waals surface area contributed by atoms with Gasteiger partial charge in [-0.05, 0) is 22.9 Å². The molecule has 1 fully saturated rings. The van der Waals surface area contributed by atoms with E-state index in [0.29, 0.717) is 44.3 Å². The Kier molecular flexibility index (Phi) is 6.53. The third-order valence-electron chi connectivity index (χ3n) is 4.76. The van der Waals surface area contributed by atoms with E-state index in [2.05, 4.69) is 17.5 Å². The summed E-state index contributed by atoms with van der Waals surface area (Å²) in [5.41, 5.74) is 2.31. The molecule has 6 heteroatoms. The molecule has 0 unspecified atom stereocenters.